The molecule has 0 saturated carbocycles. The molecule has 114 valence electrons. The molecule has 0 radical (unpaired) electrons. The van der Waals surface area contributed by atoms with Crippen LogP contribution in [-0.4, -0.2) is 24.8 Å². The Morgan fingerprint density at radius 2 is 1.68 bits per heavy atom. The smallest absolute Gasteiger partial charge is 0.311 e. The van der Waals surface area contributed by atoms with Crippen LogP contribution in [0, 0.1) is 5.92 Å². The molecule has 3 heteroatoms. The van der Waals surface area contributed by atoms with Crippen LogP contribution in [0.4, 0.5) is 0 Å². The van der Waals surface area contributed by atoms with E-state index in [9.17, 15) is 9.90 Å². The van der Waals surface area contributed by atoms with E-state index in [1.54, 1.807) is 0 Å². The molecule has 0 spiro atoms. The molecule has 1 N–H and O–H groups in total. The summed E-state index contributed by atoms with van der Waals surface area (Å²) in [5, 5.41) is 9.62. The second-order valence-corrected chi connectivity index (χ2v) is 5.02. The van der Waals surface area contributed by atoms with Crippen LogP contribution in [0.5, 0.6) is 0 Å². The molecule has 3 nitrogen and oxygen atoms in total. The van der Waals surface area contributed by atoms with Gasteiger partial charge in [-0.05, 0) is 11.1 Å². The van der Waals surface area contributed by atoms with Crippen molar-refractivity contribution in [2.75, 3.05) is 13.7 Å². The maximum atomic E-state index is 12.0. The third-order valence-corrected chi connectivity index (χ3v) is 3.61. The molecular weight excluding hydrogens is 276 g/mol. The Bertz CT molecular complexity index is 605. The molecule has 0 saturated heterocycles. The number of esters is 1. The monoisotopic (exact) mass is 296 g/mol. The fourth-order valence-corrected chi connectivity index (χ4v) is 2.42. The summed E-state index contributed by atoms with van der Waals surface area (Å²) in [6.45, 7) is -0.259. The molecule has 2 aromatic rings. The molecule has 0 amide bonds. The van der Waals surface area contributed by atoms with Crippen molar-refractivity contribution in [1.82, 2.24) is 0 Å². The minimum Gasteiger partial charge on any atom is -0.469 e. The molecule has 2 rings (SSSR count). The van der Waals surface area contributed by atoms with Crippen LogP contribution in [0.2, 0.25) is 0 Å². The Labute approximate surface area is 130 Å². The topological polar surface area (TPSA) is 46.5 Å². The van der Waals surface area contributed by atoms with E-state index in [2.05, 4.69) is 0 Å². The van der Waals surface area contributed by atoms with Gasteiger partial charge < -0.3 is 9.84 Å². The number of methoxy groups -OCH3 is 1. The molecule has 0 fully saturated rings. The highest BCUT2D eigenvalue weighted by molar-refractivity contribution is 5.74. The van der Waals surface area contributed by atoms with Crippen LogP contribution in [0.15, 0.2) is 66.7 Å². The fourth-order valence-electron chi connectivity index (χ4n) is 2.42. The molecule has 2 unspecified atom stereocenters. The largest absolute Gasteiger partial charge is 0.469 e. The van der Waals surface area contributed by atoms with Crippen LogP contribution < -0.4 is 0 Å². The lowest BCUT2D eigenvalue weighted by Crippen LogP contribution is -2.26. The predicted molar refractivity (Wildman–Crippen MR) is 87.3 cm³/mol. The van der Waals surface area contributed by atoms with Gasteiger partial charge in [0.1, 0.15) is 0 Å². The lowest BCUT2D eigenvalue weighted by atomic mass is 9.85. The molecular formula is C19H20O3. The highest BCUT2D eigenvalue weighted by Gasteiger charge is 2.28. The third-order valence-electron chi connectivity index (χ3n) is 3.61. The number of allylic oxidation sites excluding steroid dienone is 1. The third kappa shape index (κ3) is 4.06. The molecule has 0 bridgehead atoms. The van der Waals surface area contributed by atoms with E-state index >= 15 is 0 Å². The number of hydrogen-bond donors (Lipinski definition) is 1. The molecule has 2 aromatic carbocycles. The van der Waals surface area contributed by atoms with E-state index in [0.29, 0.717) is 0 Å². The summed E-state index contributed by atoms with van der Waals surface area (Å²) in [5.41, 5.74) is 2.02. The number of benzene rings is 2. The first kappa shape index (κ1) is 16.0. The van der Waals surface area contributed by atoms with Gasteiger partial charge >= 0.3 is 5.97 Å². The van der Waals surface area contributed by atoms with Crippen LogP contribution in [0.1, 0.15) is 17.0 Å². The number of aliphatic hydroxyl groups is 1. The van der Waals surface area contributed by atoms with E-state index in [-0.39, 0.29) is 12.5 Å². The van der Waals surface area contributed by atoms with Crippen molar-refractivity contribution < 1.29 is 14.6 Å². The zero-order chi connectivity index (χ0) is 15.8. The summed E-state index contributed by atoms with van der Waals surface area (Å²) >= 11 is 0. The van der Waals surface area contributed by atoms with Crippen molar-refractivity contribution in [3.63, 3.8) is 0 Å². The van der Waals surface area contributed by atoms with Gasteiger partial charge in [0, 0.05) is 5.92 Å². The normalized spacial score (nSPS) is 13.7. The molecule has 0 aliphatic rings. The van der Waals surface area contributed by atoms with Crippen molar-refractivity contribution in [2.24, 2.45) is 5.92 Å². The van der Waals surface area contributed by atoms with Crippen molar-refractivity contribution in [3.8, 4) is 0 Å². The predicted octanol–water partition coefficient (Wildman–Crippen LogP) is 3.27. The number of aliphatic hydroxyl groups excluding tert-OH is 1. The first-order valence-corrected chi connectivity index (χ1v) is 7.23. The van der Waals surface area contributed by atoms with E-state index in [1.807, 2.05) is 72.8 Å². The Morgan fingerprint density at radius 3 is 2.23 bits per heavy atom. The highest BCUT2D eigenvalue weighted by Crippen LogP contribution is 2.28. The van der Waals surface area contributed by atoms with Crippen LogP contribution in [-0.2, 0) is 9.53 Å². The van der Waals surface area contributed by atoms with Crippen molar-refractivity contribution in [1.29, 1.82) is 0 Å². The summed E-state index contributed by atoms with van der Waals surface area (Å²) in [4.78, 5) is 12.0. The summed E-state index contributed by atoms with van der Waals surface area (Å²) in [7, 11) is 1.34. The van der Waals surface area contributed by atoms with Gasteiger partial charge in [0.15, 0.2) is 0 Å². The van der Waals surface area contributed by atoms with Crippen molar-refractivity contribution >= 4 is 12.0 Å². The minimum atomic E-state index is -0.618. The number of hydrogen-bond acceptors (Lipinski definition) is 3. The Balaban J connectivity index is 2.33. The zero-order valence-electron chi connectivity index (χ0n) is 12.6. The van der Waals surface area contributed by atoms with Crippen molar-refractivity contribution in [3.05, 3.63) is 77.9 Å². The van der Waals surface area contributed by atoms with Crippen molar-refractivity contribution in [2.45, 2.75) is 5.92 Å². The fraction of sp³-hybridized carbons (Fsp3) is 0.211. The van der Waals surface area contributed by atoms with Gasteiger partial charge in [-0.1, -0.05) is 72.8 Å². The lowest BCUT2D eigenvalue weighted by Gasteiger charge is -2.21. The highest BCUT2D eigenvalue weighted by atomic mass is 16.5. The zero-order valence-corrected chi connectivity index (χ0v) is 12.6. The van der Waals surface area contributed by atoms with E-state index < -0.39 is 11.9 Å². The van der Waals surface area contributed by atoms with Gasteiger partial charge in [-0.3, -0.25) is 4.79 Å². The van der Waals surface area contributed by atoms with Gasteiger partial charge in [0.05, 0.1) is 19.6 Å². The van der Waals surface area contributed by atoms with Gasteiger partial charge in [-0.25, -0.2) is 0 Å². The number of carbonyl (C=O) groups is 1. The Morgan fingerprint density at radius 1 is 1.09 bits per heavy atom. The molecule has 22 heavy (non-hydrogen) atoms. The molecule has 0 aromatic heterocycles. The van der Waals surface area contributed by atoms with Gasteiger partial charge in [-0.15, -0.1) is 0 Å². The van der Waals surface area contributed by atoms with E-state index in [1.165, 1.54) is 7.11 Å². The quantitative estimate of drug-likeness (QED) is 0.832. The number of carbonyl (C=O) groups excluding carboxylic acids is 1. The molecule has 2 atom stereocenters. The maximum Gasteiger partial charge on any atom is 0.311 e. The van der Waals surface area contributed by atoms with Crippen LogP contribution in [0.3, 0.4) is 0 Å². The first-order chi connectivity index (χ1) is 10.8. The average molecular weight is 296 g/mol. The van der Waals surface area contributed by atoms with E-state index in [0.717, 1.165) is 11.1 Å². The first-order valence-electron chi connectivity index (χ1n) is 7.23. The lowest BCUT2D eigenvalue weighted by molar-refractivity contribution is -0.147. The SMILES string of the molecule is COC(=O)C(CO)C(/C=C/c1ccccc1)c1ccccc1. The van der Waals surface area contributed by atoms with Gasteiger partial charge in [-0.2, -0.15) is 0 Å². The van der Waals surface area contributed by atoms with Crippen LogP contribution >= 0.6 is 0 Å². The molecule has 0 heterocycles. The van der Waals surface area contributed by atoms with Gasteiger partial charge in [0.2, 0.25) is 0 Å². The standard InChI is InChI=1S/C19H20O3/c1-22-19(21)18(14-20)17(16-10-6-3-7-11-16)13-12-15-8-4-2-5-9-15/h2-13,17-18,20H,14H2,1H3/b13-12+. The van der Waals surface area contributed by atoms with Crippen LogP contribution in [0.25, 0.3) is 6.08 Å². The molecule has 0 aliphatic carbocycles. The maximum absolute atomic E-state index is 12.0. The van der Waals surface area contributed by atoms with Gasteiger partial charge in [0.25, 0.3) is 0 Å². The minimum absolute atomic E-state index is 0.237. The van der Waals surface area contributed by atoms with E-state index in [4.69, 9.17) is 4.74 Å². The summed E-state index contributed by atoms with van der Waals surface area (Å²) in [6.07, 6.45) is 3.91. The summed E-state index contributed by atoms with van der Waals surface area (Å²) in [6, 6.07) is 19.5. The molecule has 0 aliphatic heterocycles. The number of rotatable bonds is 6. The summed E-state index contributed by atoms with van der Waals surface area (Å²) in [5.74, 6) is -1.26. The average Bonchev–Trinajstić information content (AvgIpc) is 2.59. The number of ether oxygens (including phenoxy) is 1. The second-order valence-electron chi connectivity index (χ2n) is 5.02. The second kappa shape index (κ2) is 8.15. The Hall–Kier alpha value is -2.39. The Kier molecular flexibility index (Phi) is 5.92. The summed E-state index contributed by atoms with van der Waals surface area (Å²) < 4.78 is 4.82.